The van der Waals surface area contributed by atoms with Gasteiger partial charge in [0, 0.05) is 65.5 Å². The zero-order chi connectivity index (χ0) is 29.3. The van der Waals surface area contributed by atoms with Crippen molar-refractivity contribution < 1.29 is 9.53 Å². The van der Waals surface area contributed by atoms with Crippen LogP contribution in [0.25, 0.3) is 0 Å². The van der Waals surface area contributed by atoms with Crippen molar-refractivity contribution in [2.24, 2.45) is 23.7 Å². The van der Waals surface area contributed by atoms with E-state index in [9.17, 15) is 4.79 Å². The lowest BCUT2D eigenvalue weighted by atomic mass is 9.60. The molecule has 3 aliphatic carbocycles. The molecular formula is C38H62N2O2. The molecule has 0 N–H and O–H groups in total. The molecule has 42 heavy (non-hydrogen) atoms. The van der Waals surface area contributed by atoms with Crippen LogP contribution in [0.4, 0.5) is 0 Å². The van der Waals surface area contributed by atoms with Gasteiger partial charge in [-0.05, 0) is 65.2 Å². The number of esters is 1. The second-order valence-electron chi connectivity index (χ2n) is 15.1. The van der Waals surface area contributed by atoms with Crippen molar-refractivity contribution in [1.29, 1.82) is 0 Å². The van der Waals surface area contributed by atoms with Crippen molar-refractivity contribution in [3.63, 3.8) is 0 Å². The largest absolute Gasteiger partial charge is 0.449 e. The third-order valence-electron chi connectivity index (χ3n) is 12.8. The van der Waals surface area contributed by atoms with Crippen molar-refractivity contribution in [2.45, 2.75) is 174 Å². The number of carbonyl (C=O) groups excluding carboxylic acids is 1. The highest BCUT2D eigenvalue weighted by Crippen LogP contribution is 2.63. The Morgan fingerprint density at radius 1 is 0.619 bits per heavy atom. The second-order valence-corrected chi connectivity index (χ2v) is 15.1. The van der Waals surface area contributed by atoms with E-state index >= 15 is 0 Å². The quantitative estimate of drug-likeness (QED) is 0.170. The van der Waals surface area contributed by atoms with Crippen LogP contribution in [0, 0.1) is 23.7 Å². The van der Waals surface area contributed by atoms with Crippen molar-refractivity contribution in [1.82, 2.24) is 9.80 Å². The monoisotopic (exact) mass is 578 g/mol. The van der Waals surface area contributed by atoms with Crippen LogP contribution in [-0.2, 0) is 9.53 Å². The van der Waals surface area contributed by atoms with Gasteiger partial charge in [0.25, 0.3) is 0 Å². The zero-order valence-corrected chi connectivity index (χ0v) is 27.7. The first-order valence-electron chi connectivity index (χ1n) is 18.7. The van der Waals surface area contributed by atoms with Crippen LogP contribution in [0.3, 0.4) is 0 Å². The van der Waals surface area contributed by atoms with Gasteiger partial charge >= 0.3 is 5.97 Å². The normalized spacial score (nSPS) is 36.4. The Kier molecular flexibility index (Phi) is 9.66. The maximum Gasteiger partial charge on any atom is 0.310 e. The predicted octanol–water partition coefficient (Wildman–Crippen LogP) is 9.55. The van der Waals surface area contributed by atoms with Gasteiger partial charge in [0.1, 0.15) is 0 Å². The van der Waals surface area contributed by atoms with E-state index in [1.165, 1.54) is 140 Å². The van der Waals surface area contributed by atoms with E-state index in [2.05, 4.69) is 37.5 Å². The lowest BCUT2D eigenvalue weighted by Gasteiger charge is -2.45. The molecule has 236 valence electrons. The van der Waals surface area contributed by atoms with Crippen LogP contribution in [0.5, 0.6) is 0 Å². The number of rotatable bonds is 12. The topological polar surface area (TPSA) is 32.8 Å². The van der Waals surface area contributed by atoms with Gasteiger partial charge in [-0.2, -0.15) is 0 Å². The number of fused-ring (bicyclic) bond motifs is 3. The Bertz CT molecular complexity index is 1030. The summed E-state index contributed by atoms with van der Waals surface area (Å²) in [6, 6.07) is 1.23. The summed E-state index contributed by atoms with van der Waals surface area (Å²) in [5.41, 5.74) is 5.71. The molecule has 6 aliphatic rings. The van der Waals surface area contributed by atoms with E-state index in [1.54, 1.807) is 11.1 Å². The van der Waals surface area contributed by atoms with Crippen LogP contribution in [0.1, 0.15) is 156 Å². The van der Waals surface area contributed by atoms with E-state index in [0.29, 0.717) is 29.8 Å². The summed E-state index contributed by atoms with van der Waals surface area (Å²) in [6.45, 7) is 11.9. The van der Waals surface area contributed by atoms with Crippen LogP contribution in [-0.4, -0.2) is 46.5 Å². The molecule has 4 heteroatoms. The van der Waals surface area contributed by atoms with Gasteiger partial charge in [-0.1, -0.05) is 90.9 Å². The molecule has 7 atom stereocenters. The molecule has 0 aromatic carbocycles. The molecule has 6 rings (SSSR count). The summed E-state index contributed by atoms with van der Waals surface area (Å²) in [5, 5.41) is 0. The minimum absolute atomic E-state index is 0.0979. The first kappa shape index (κ1) is 30.6. The van der Waals surface area contributed by atoms with Crippen LogP contribution >= 0.6 is 0 Å². The Hall–Kier alpha value is -1.45. The van der Waals surface area contributed by atoms with Gasteiger partial charge in [0.2, 0.25) is 0 Å². The van der Waals surface area contributed by atoms with Crippen molar-refractivity contribution in [2.75, 3.05) is 13.1 Å². The SMILES string of the molecule is CCCCCCCCN1C(C)=C(C2(C3=C(C)N(CCCC)C4CCCCC34)OC(=O)C3CCCCC32)C2CCCCC21. The predicted molar refractivity (Wildman–Crippen MR) is 173 cm³/mol. The second kappa shape index (κ2) is 13.3. The van der Waals surface area contributed by atoms with E-state index in [-0.39, 0.29) is 11.9 Å². The Balaban J connectivity index is 1.43. The first-order chi connectivity index (χ1) is 20.5. The van der Waals surface area contributed by atoms with Gasteiger partial charge in [-0.25, -0.2) is 0 Å². The average molecular weight is 579 g/mol. The van der Waals surface area contributed by atoms with Gasteiger partial charge in [0.15, 0.2) is 5.60 Å². The van der Waals surface area contributed by atoms with Crippen molar-refractivity contribution in [3.8, 4) is 0 Å². The maximum absolute atomic E-state index is 14.0. The summed E-state index contributed by atoms with van der Waals surface area (Å²) in [7, 11) is 0. The number of carbonyl (C=O) groups is 1. The lowest BCUT2D eigenvalue weighted by Crippen LogP contribution is -2.48. The number of allylic oxidation sites excluding steroid dienone is 2. The highest BCUT2D eigenvalue weighted by Gasteiger charge is 2.66. The van der Waals surface area contributed by atoms with E-state index in [1.807, 2.05) is 0 Å². The Morgan fingerprint density at radius 2 is 1.10 bits per heavy atom. The summed E-state index contributed by atoms with van der Waals surface area (Å²) in [6.07, 6.45) is 25.8. The standard InChI is InChI=1S/C38H62N2O2/c1-5-7-9-10-11-18-26-40-28(4)36(31-21-14-17-24-34(31)40)38(32-22-15-12-19-29(32)37(41)42-38)35-27(3)39(25-8-6-2)33-23-16-13-20-30(33)35/h29-34H,5-26H2,1-4H3. The molecule has 3 heterocycles. The van der Waals surface area contributed by atoms with E-state index in [0.717, 1.165) is 12.8 Å². The third-order valence-corrected chi connectivity index (χ3v) is 12.8. The summed E-state index contributed by atoms with van der Waals surface area (Å²) in [4.78, 5) is 19.7. The molecular weight excluding hydrogens is 516 g/mol. The fourth-order valence-electron chi connectivity index (χ4n) is 11.0. The van der Waals surface area contributed by atoms with Crippen LogP contribution in [0.2, 0.25) is 0 Å². The maximum atomic E-state index is 14.0. The van der Waals surface area contributed by atoms with Gasteiger partial charge in [0.05, 0.1) is 5.92 Å². The number of unbranched alkanes of at least 4 members (excludes halogenated alkanes) is 6. The van der Waals surface area contributed by atoms with Crippen molar-refractivity contribution in [3.05, 3.63) is 22.5 Å². The summed E-state index contributed by atoms with van der Waals surface area (Å²) in [5.74, 6) is 1.68. The minimum Gasteiger partial charge on any atom is -0.449 e. The highest BCUT2D eigenvalue weighted by molar-refractivity contribution is 5.79. The number of nitrogens with zero attached hydrogens (tertiary/aromatic N) is 2. The van der Waals surface area contributed by atoms with Crippen LogP contribution in [0.15, 0.2) is 22.5 Å². The molecule has 1 saturated heterocycles. The van der Waals surface area contributed by atoms with E-state index < -0.39 is 5.60 Å². The first-order valence-corrected chi connectivity index (χ1v) is 18.7. The minimum atomic E-state index is -0.492. The molecule has 4 nitrogen and oxygen atoms in total. The molecule has 3 saturated carbocycles. The highest BCUT2D eigenvalue weighted by atomic mass is 16.6. The van der Waals surface area contributed by atoms with Gasteiger partial charge in [-0.15, -0.1) is 0 Å². The molecule has 0 radical (unpaired) electrons. The smallest absolute Gasteiger partial charge is 0.310 e. The molecule has 4 fully saturated rings. The molecule has 0 spiro atoms. The Morgan fingerprint density at radius 3 is 1.69 bits per heavy atom. The lowest BCUT2D eigenvalue weighted by molar-refractivity contribution is -0.147. The van der Waals surface area contributed by atoms with Gasteiger partial charge < -0.3 is 14.5 Å². The summed E-state index contributed by atoms with van der Waals surface area (Å²) < 4.78 is 7.17. The van der Waals surface area contributed by atoms with Crippen molar-refractivity contribution >= 4 is 5.97 Å². The number of hydrogen-bond donors (Lipinski definition) is 0. The molecule has 7 unspecified atom stereocenters. The molecule has 0 aromatic rings. The summed E-state index contributed by atoms with van der Waals surface area (Å²) >= 11 is 0. The average Bonchev–Trinajstić information content (AvgIpc) is 3.58. The Labute approximate surface area is 258 Å². The zero-order valence-electron chi connectivity index (χ0n) is 27.7. The third kappa shape index (κ3) is 5.17. The fourth-order valence-corrected chi connectivity index (χ4v) is 11.0. The molecule has 0 aromatic heterocycles. The van der Waals surface area contributed by atoms with Crippen LogP contribution < -0.4 is 0 Å². The number of ether oxygens (including phenoxy) is 1. The molecule has 3 aliphatic heterocycles. The molecule has 0 bridgehead atoms. The molecule has 0 amide bonds. The van der Waals surface area contributed by atoms with Gasteiger partial charge in [-0.3, -0.25) is 4.79 Å². The number of hydrogen-bond acceptors (Lipinski definition) is 4. The number of cyclic esters (lactones) is 1. The van der Waals surface area contributed by atoms with E-state index in [4.69, 9.17) is 4.74 Å². The fraction of sp³-hybridized carbons (Fsp3) is 0.868.